The molecule has 0 amide bonds. The van der Waals surface area contributed by atoms with Crippen LogP contribution in [-0.4, -0.2) is 19.5 Å². The van der Waals surface area contributed by atoms with E-state index in [0.29, 0.717) is 17.3 Å². The summed E-state index contributed by atoms with van der Waals surface area (Å²) in [5.74, 6) is 0.231. The summed E-state index contributed by atoms with van der Waals surface area (Å²) in [5, 5.41) is 3.17. The summed E-state index contributed by atoms with van der Waals surface area (Å²) in [6, 6.07) is 5.04. The van der Waals surface area contributed by atoms with E-state index < -0.39 is 0 Å². The summed E-state index contributed by atoms with van der Waals surface area (Å²) in [4.78, 5) is 13.5. The van der Waals surface area contributed by atoms with Crippen molar-refractivity contribution in [2.24, 2.45) is 0 Å². The van der Waals surface area contributed by atoms with Gasteiger partial charge in [0.1, 0.15) is 5.82 Å². The standard InChI is InChI=1S/C20H22FN5/c1-3-17-15-6-4-5-7-18(15)25-20(24-17)23-14-8-9-19(16(21)10-14)26-11-13(2)22-12-26/h8-12H,3-7H2,1-2H3,(H,23,24,25). The van der Waals surface area contributed by atoms with Crippen LogP contribution in [0.5, 0.6) is 0 Å². The molecule has 0 aliphatic heterocycles. The number of fused-ring (bicyclic) bond motifs is 1. The van der Waals surface area contributed by atoms with Crippen LogP contribution < -0.4 is 5.32 Å². The summed E-state index contributed by atoms with van der Waals surface area (Å²) < 4.78 is 16.2. The Morgan fingerprint density at radius 2 is 2.04 bits per heavy atom. The Morgan fingerprint density at radius 3 is 2.77 bits per heavy atom. The molecule has 4 rings (SSSR count). The minimum atomic E-state index is -0.318. The highest BCUT2D eigenvalue weighted by Gasteiger charge is 2.17. The van der Waals surface area contributed by atoms with Crippen LogP contribution in [0.15, 0.2) is 30.7 Å². The number of imidazole rings is 1. The highest BCUT2D eigenvalue weighted by atomic mass is 19.1. The molecule has 2 aromatic heterocycles. The van der Waals surface area contributed by atoms with Gasteiger partial charge < -0.3 is 9.88 Å². The van der Waals surface area contributed by atoms with Crippen LogP contribution in [0.4, 0.5) is 16.0 Å². The van der Waals surface area contributed by atoms with Crippen LogP contribution in [0, 0.1) is 12.7 Å². The lowest BCUT2D eigenvalue weighted by Gasteiger charge is -2.19. The number of halogens is 1. The van der Waals surface area contributed by atoms with Gasteiger partial charge in [0.05, 0.1) is 17.7 Å². The van der Waals surface area contributed by atoms with E-state index in [1.807, 2.05) is 13.0 Å². The normalized spacial score (nSPS) is 13.5. The van der Waals surface area contributed by atoms with Gasteiger partial charge in [-0.25, -0.2) is 19.3 Å². The molecule has 0 radical (unpaired) electrons. The van der Waals surface area contributed by atoms with Crippen molar-refractivity contribution in [3.8, 4) is 5.69 Å². The number of rotatable bonds is 4. The van der Waals surface area contributed by atoms with Gasteiger partial charge in [-0.15, -0.1) is 0 Å². The third kappa shape index (κ3) is 3.19. The molecule has 1 aromatic carbocycles. The topological polar surface area (TPSA) is 55.6 Å². The minimum absolute atomic E-state index is 0.318. The molecule has 0 spiro atoms. The van der Waals surface area contributed by atoms with Gasteiger partial charge in [-0.3, -0.25) is 0 Å². The molecule has 0 saturated heterocycles. The molecule has 1 aliphatic carbocycles. The SMILES string of the molecule is CCc1nc(Nc2ccc(-n3cnc(C)c3)c(F)c2)nc2c1CCCC2. The quantitative estimate of drug-likeness (QED) is 0.762. The molecular weight excluding hydrogens is 329 g/mol. The monoisotopic (exact) mass is 351 g/mol. The predicted octanol–water partition coefficient (Wildman–Crippen LogP) is 4.29. The molecule has 0 atom stereocenters. The van der Waals surface area contributed by atoms with Crippen molar-refractivity contribution < 1.29 is 4.39 Å². The van der Waals surface area contributed by atoms with Crippen molar-refractivity contribution >= 4 is 11.6 Å². The van der Waals surface area contributed by atoms with Crippen LogP contribution in [0.2, 0.25) is 0 Å². The summed E-state index contributed by atoms with van der Waals surface area (Å²) in [6.45, 7) is 3.99. The van der Waals surface area contributed by atoms with Crippen LogP contribution in [0.3, 0.4) is 0 Å². The fourth-order valence-electron chi connectivity index (χ4n) is 3.50. The van der Waals surface area contributed by atoms with Crippen LogP contribution >= 0.6 is 0 Å². The summed E-state index contributed by atoms with van der Waals surface area (Å²) in [7, 11) is 0. The zero-order valence-corrected chi connectivity index (χ0v) is 15.1. The van der Waals surface area contributed by atoms with Gasteiger partial charge in [-0.05, 0) is 62.8 Å². The Labute approximate surface area is 152 Å². The molecule has 0 fully saturated rings. The second-order valence-electron chi connectivity index (χ2n) is 6.69. The van der Waals surface area contributed by atoms with Crippen LogP contribution in [0.1, 0.15) is 42.4 Å². The number of nitrogens with zero attached hydrogens (tertiary/aromatic N) is 4. The van der Waals surface area contributed by atoms with Crippen molar-refractivity contribution in [3.05, 3.63) is 59.2 Å². The largest absolute Gasteiger partial charge is 0.324 e. The molecule has 0 unspecified atom stereocenters. The Morgan fingerprint density at radius 1 is 1.19 bits per heavy atom. The Balaban J connectivity index is 1.62. The maximum absolute atomic E-state index is 14.5. The molecule has 1 N–H and O–H groups in total. The highest BCUT2D eigenvalue weighted by Crippen LogP contribution is 2.26. The first-order valence-electron chi connectivity index (χ1n) is 9.10. The van der Waals surface area contributed by atoms with Gasteiger partial charge in [0.25, 0.3) is 0 Å². The number of hydrogen-bond acceptors (Lipinski definition) is 4. The van der Waals surface area contributed by atoms with E-state index in [4.69, 9.17) is 0 Å². The average molecular weight is 351 g/mol. The van der Waals surface area contributed by atoms with Gasteiger partial charge in [-0.1, -0.05) is 6.92 Å². The Bertz CT molecular complexity index is 930. The van der Waals surface area contributed by atoms with Crippen LogP contribution in [0.25, 0.3) is 5.69 Å². The van der Waals surface area contributed by atoms with Crippen molar-refractivity contribution in [1.29, 1.82) is 0 Å². The predicted molar refractivity (Wildman–Crippen MR) is 99.6 cm³/mol. The number of benzene rings is 1. The molecule has 0 bridgehead atoms. The Hall–Kier alpha value is -2.76. The second-order valence-corrected chi connectivity index (χ2v) is 6.69. The van der Waals surface area contributed by atoms with E-state index in [1.165, 1.54) is 24.5 Å². The maximum atomic E-state index is 14.5. The fraction of sp³-hybridized carbons (Fsp3) is 0.350. The number of aromatic nitrogens is 4. The molecule has 134 valence electrons. The lowest BCUT2D eigenvalue weighted by Crippen LogP contribution is -2.13. The van der Waals surface area contributed by atoms with Gasteiger partial charge in [0.15, 0.2) is 0 Å². The lowest BCUT2D eigenvalue weighted by molar-refractivity contribution is 0.618. The number of nitrogens with one attached hydrogen (secondary N) is 1. The summed E-state index contributed by atoms with van der Waals surface area (Å²) in [6.07, 6.45) is 8.72. The first kappa shape index (κ1) is 16.7. The number of anilines is 2. The Kier molecular flexibility index (Phi) is 4.41. The number of aryl methyl sites for hydroxylation is 3. The molecule has 1 aliphatic rings. The lowest BCUT2D eigenvalue weighted by atomic mass is 9.94. The zero-order valence-electron chi connectivity index (χ0n) is 15.1. The third-order valence-electron chi connectivity index (χ3n) is 4.80. The number of hydrogen-bond donors (Lipinski definition) is 1. The maximum Gasteiger partial charge on any atom is 0.227 e. The summed E-state index contributed by atoms with van der Waals surface area (Å²) >= 11 is 0. The van der Waals surface area contributed by atoms with E-state index in [0.717, 1.165) is 36.3 Å². The molecule has 2 heterocycles. The molecule has 26 heavy (non-hydrogen) atoms. The second kappa shape index (κ2) is 6.86. The smallest absolute Gasteiger partial charge is 0.227 e. The van der Waals surface area contributed by atoms with Gasteiger partial charge >= 0.3 is 0 Å². The van der Waals surface area contributed by atoms with Gasteiger partial charge in [0.2, 0.25) is 5.95 Å². The summed E-state index contributed by atoms with van der Waals surface area (Å²) in [5.41, 5.74) is 5.50. The van der Waals surface area contributed by atoms with E-state index in [2.05, 4.69) is 27.2 Å². The highest BCUT2D eigenvalue weighted by molar-refractivity contribution is 5.57. The van der Waals surface area contributed by atoms with Crippen LogP contribution in [-0.2, 0) is 19.3 Å². The van der Waals surface area contributed by atoms with Crippen molar-refractivity contribution in [2.75, 3.05) is 5.32 Å². The van der Waals surface area contributed by atoms with Crippen molar-refractivity contribution in [3.63, 3.8) is 0 Å². The molecule has 5 nitrogen and oxygen atoms in total. The molecular formula is C20H22FN5. The minimum Gasteiger partial charge on any atom is -0.324 e. The third-order valence-corrected chi connectivity index (χ3v) is 4.80. The fourth-order valence-corrected chi connectivity index (χ4v) is 3.50. The molecule has 3 aromatic rings. The average Bonchev–Trinajstić information content (AvgIpc) is 3.07. The van der Waals surface area contributed by atoms with E-state index in [-0.39, 0.29) is 5.82 Å². The molecule has 0 saturated carbocycles. The van der Waals surface area contributed by atoms with Crippen molar-refractivity contribution in [2.45, 2.75) is 46.0 Å². The first-order chi connectivity index (χ1) is 12.6. The van der Waals surface area contributed by atoms with E-state index in [1.54, 1.807) is 23.2 Å². The zero-order chi connectivity index (χ0) is 18.1. The first-order valence-corrected chi connectivity index (χ1v) is 9.10. The van der Waals surface area contributed by atoms with Gasteiger partial charge in [-0.2, -0.15) is 0 Å². The van der Waals surface area contributed by atoms with E-state index in [9.17, 15) is 4.39 Å². The van der Waals surface area contributed by atoms with E-state index >= 15 is 0 Å². The van der Waals surface area contributed by atoms with Gasteiger partial charge in [0, 0.05) is 23.3 Å². The van der Waals surface area contributed by atoms with Crippen molar-refractivity contribution in [1.82, 2.24) is 19.5 Å². The molecule has 6 heteroatoms.